The van der Waals surface area contributed by atoms with E-state index < -0.39 is 0 Å². The van der Waals surface area contributed by atoms with Crippen molar-refractivity contribution in [3.05, 3.63) is 29.8 Å². The number of benzene rings is 1. The van der Waals surface area contributed by atoms with Crippen molar-refractivity contribution in [3.8, 4) is 0 Å². The molecule has 1 N–H and O–H groups in total. The molecule has 1 aromatic rings. The minimum atomic E-state index is 0.421. The topological polar surface area (TPSA) is 21.3 Å². The van der Waals surface area contributed by atoms with Gasteiger partial charge in [0, 0.05) is 24.1 Å². The van der Waals surface area contributed by atoms with Gasteiger partial charge in [0.2, 0.25) is 0 Å². The van der Waals surface area contributed by atoms with Crippen LogP contribution in [0.4, 0.5) is 0 Å². The minimum Gasteiger partial charge on any atom is -0.380 e. The van der Waals surface area contributed by atoms with Crippen LogP contribution in [0.2, 0.25) is 0 Å². The standard InChI is InChI=1S/C15H25NOS/c1-5-17-11-15(12(2)3)16-10-13-6-8-14(18-4)9-7-13/h6-9,12,15-16H,5,10-11H2,1-4H3. The molecule has 0 bridgehead atoms. The summed E-state index contributed by atoms with van der Waals surface area (Å²) in [6.07, 6.45) is 2.10. The van der Waals surface area contributed by atoms with E-state index in [4.69, 9.17) is 4.74 Å². The molecule has 0 heterocycles. The van der Waals surface area contributed by atoms with Crippen molar-refractivity contribution in [1.82, 2.24) is 5.32 Å². The smallest absolute Gasteiger partial charge is 0.0622 e. The average molecular weight is 267 g/mol. The van der Waals surface area contributed by atoms with E-state index in [-0.39, 0.29) is 0 Å². The Hall–Kier alpha value is -0.510. The summed E-state index contributed by atoms with van der Waals surface area (Å²) in [7, 11) is 0. The Bertz CT molecular complexity index is 324. The monoisotopic (exact) mass is 267 g/mol. The molecular weight excluding hydrogens is 242 g/mol. The SMILES string of the molecule is CCOCC(NCc1ccc(SC)cc1)C(C)C. The average Bonchev–Trinajstić information content (AvgIpc) is 2.39. The van der Waals surface area contributed by atoms with E-state index in [0.717, 1.165) is 19.8 Å². The summed E-state index contributed by atoms with van der Waals surface area (Å²) in [5.74, 6) is 0.585. The summed E-state index contributed by atoms with van der Waals surface area (Å²) < 4.78 is 5.52. The van der Waals surface area contributed by atoms with E-state index >= 15 is 0 Å². The number of nitrogens with one attached hydrogen (secondary N) is 1. The van der Waals surface area contributed by atoms with Crippen LogP contribution >= 0.6 is 11.8 Å². The minimum absolute atomic E-state index is 0.421. The molecule has 1 atom stereocenters. The second-order valence-electron chi connectivity index (χ2n) is 4.74. The van der Waals surface area contributed by atoms with Crippen molar-refractivity contribution in [2.75, 3.05) is 19.5 Å². The third kappa shape index (κ3) is 5.42. The van der Waals surface area contributed by atoms with E-state index in [1.807, 2.05) is 6.92 Å². The fourth-order valence-electron chi connectivity index (χ4n) is 1.72. The van der Waals surface area contributed by atoms with Crippen molar-refractivity contribution >= 4 is 11.8 Å². The van der Waals surface area contributed by atoms with Gasteiger partial charge in [-0.1, -0.05) is 26.0 Å². The predicted molar refractivity (Wildman–Crippen MR) is 80.2 cm³/mol. The lowest BCUT2D eigenvalue weighted by Gasteiger charge is -2.22. The number of thioether (sulfide) groups is 1. The molecule has 0 saturated heterocycles. The molecule has 102 valence electrons. The highest BCUT2D eigenvalue weighted by molar-refractivity contribution is 7.98. The number of hydrogen-bond acceptors (Lipinski definition) is 3. The van der Waals surface area contributed by atoms with E-state index in [1.165, 1.54) is 10.5 Å². The van der Waals surface area contributed by atoms with Crippen LogP contribution in [0.15, 0.2) is 29.2 Å². The van der Waals surface area contributed by atoms with Crippen LogP contribution in [-0.4, -0.2) is 25.5 Å². The second-order valence-corrected chi connectivity index (χ2v) is 5.62. The Labute approximate surface area is 116 Å². The van der Waals surface area contributed by atoms with Gasteiger partial charge in [0.05, 0.1) is 6.61 Å². The molecule has 3 heteroatoms. The lowest BCUT2D eigenvalue weighted by Crippen LogP contribution is -2.37. The van der Waals surface area contributed by atoms with Gasteiger partial charge in [-0.05, 0) is 36.8 Å². The normalized spacial score (nSPS) is 12.9. The first kappa shape index (κ1) is 15.5. The molecular formula is C15H25NOS. The third-order valence-corrected chi connectivity index (χ3v) is 3.78. The summed E-state index contributed by atoms with van der Waals surface area (Å²) in [4.78, 5) is 1.31. The molecule has 0 spiro atoms. The fraction of sp³-hybridized carbons (Fsp3) is 0.600. The maximum atomic E-state index is 5.52. The lowest BCUT2D eigenvalue weighted by molar-refractivity contribution is 0.108. The lowest BCUT2D eigenvalue weighted by atomic mass is 10.0. The molecule has 0 fully saturated rings. The summed E-state index contributed by atoms with van der Waals surface area (Å²) in [6, 6.07) is 9.15. The zero-order valence-corrected chi connectivity index (χ0v) is 12.7. The van der Waals surface area contributed by atoms with Crippen molar-refractivity contribution in [3.63, 3.8) is 0 Å². The molecule has 18 heavy (non-hydrogen) atoms. The molecule has 0 aliphatic carbocycles. The van der Waals surface area contributed by atoms with Crippen LogP contribution in [-0.2, 0) is 11.3 Å². The maximum absolute atomic E-state index is 5.52. The van der Waals surface area contributed by atoms with Gasteiger partial charge >= 0.3 is 0 Å². The number of rotatable bonds is 8. The van der Waals surface area contributed by atoms with Crippen LogP contribution in [0.1, 0.15) is 26.3 Å². The zero-order chi connectivity index (χ0) is 13.4. The van der Waals surface area contributed by atoms with Crippen molar-refractivity contribution < 1.29 is 4.74 Å². The highest BCUT2D eigenvalue weighted by atomic mass is 32.2. The van der Waals surface area contributed by atoms with E-state index in [0.29, 0.717) is 12.0 Å². The molecule has 1 unspecified atom stereocenters. The largest absolute Gasteiger partial charge is 0.380 e. The first-order valence-corrected chi connectivity index (χ1v) is 7.84. The van der Waals surface area contributed by atoms with Gasteiger partial charge in [0.1, 0.15) is 0 Å². The Balaban J connectivity index is 2.44. The van der Waals surface area contributed by atoms with Crippen LogP contribution in [0.5, 0.6) is 0 Å². The molecule has 0 amide bonds. The second kappa shape index (κ2) is 8.57. The highest BCUT2D eigenvalue weighted by Crippen LogP contribution is 2.15. The highest BCUT2D eigenvalue weighted by Gasteiger charge is 2.12. The van der Waals surface area contributed by atoms with E-state index in [2.05, 4.69) is 49.7 Å². The van der Waals surface area contributed by atoms with Crippen LogP contribution < -0.4 is 5.32 Å². The van der Waals surface area contributed by atoms with Crippen LogP contribution in [0.3, 0.4) is 0 Å². The van der Waals surface area contributed by atoms with Gasteiger partial charge in [-0.25, -0.2) is 0 Å². The van der Waals surface area contributed by atoms with Gasteiger partial charge in [-0.15, -0.1) is 11.8 Å². The number of hydrogen-bond donors (Lipinski definition) is 1. The molecule has 0 aromatic heterocycles. The Morgan fingerprint density at radius 2 is 1.89 bits per heavy atom. The quantitative estimate of drug-likeness (QED) is 0.728. The molecule has 0 radical (unpaired) electrons. The third-order valence-electron chi connectivity index (χ3n) is 3.03. The fourth-order valence-corrected chi connectivity index (χ4v) is 2.13. The maximum Gasteiger partial charge on any atom is 0.0622 e. The molecule has 1 rings (SSSR count). The first-order valence-electron chi connectivity index (χ1n) is 6.61. The predicted octanol–water partition coefficient (Wildman–Crippen LogP) is 3.56. The summed E-state index contributed by atoms with van der Waals surface area (Å²) in [5, 5.41) is 3.58. The van der Waals surface area contributed by atoms with E-state index in [1.54, 1.807) is 11.8 Å². The zero-order valence-electron chi connectivity index (χ0n) is 11.9. The van der Waals surface area contributed by atoms with Crippen molar-refractivity contribution in [1.29, 1.82) is 0 Å². The molecule has 1 aromatic carbocycles. The molecule has 0 aliphatic rings. The van der Waals surface area contributed by atoms with Gasteiger partial charge in [0.25, 0.3) is 0 Å². The Morgan fingerprint density at radius 3 is 2.39 bits per heavy atom. The van der Waals surface area contributed by atoms with Gasteiger partial charge in [-0.3, -0.25) is 0 Å². The van der Waals surface area contributed by atoms with Gasteiger partial charge in [-0.2, -0.15) is 0 Å². The summed E-state index contributed by atoms with van der Waals surface area (Å²) in [6.45, 7) is 8.98. The molecule has 2 nitrogen and oxygen atoms in total. The summed E-state index contributed by atoms with van der Waals surface area (Å²) >= 11 is 1.78. The molecule has 0 aliphatic heterocycles. The van der Waals surface area contributed by atoms with Crippen molar-refractivity contribution in [2.45, 2.75) is 38.3 Å². The van der Waals surface area contributed by atoms with E-state index in [9.17, 15) is 0 Å². The Kier molecular flexibility index (Phi) is 7.40. The van der Waals surface area contributed by atoms with Gasteiger partial charge < -0.3 is 10.1 Å². The molecule has 0 saturated carbocycles. The van der Waals surface area contributed by atoms with Crippen molar-refractivity contribution in [2.24, 2.45) is 5.92 Å². The van der Waals surface area contributed by atoms with Gasteiger partial charge in [0.15, 0.2) is 0 Å². The number of ether oxygens (including phenoxy) is 1. The van der Waals surface area contributed by atoms with Crippen LogP contribution in [0, 0.1) is 5.92 Å². The van der Waals surface area contributed by atoms with Crippen LogP contribution in [0.25, 0.3) is 0 Å². The summed E-state index contributed by atoms with van der Waals surface area (Å²) in [5.41, 5.74) is 1.33. The first-order chi connectivity index (χ1) is 8.67. The Morgan fingerprint density at radius 1 is 1.22 bits per heavy atom.